The summed E-state index contributed by atoms with van der Waals surface area (Å²) in [4.78, 5) is 24.3. The number of nitrogens with one attached hydrogen (secondary N) is 1. The number of aryl methyl sites for hydroxylation is 1. The second-order valence-corrected chi connectivity index (χ2v) is 7.66. The van der Waals surface area contributed by atoms with E-state index in [1.807, 2.05) is 19.1 Å². The summed E-state index contributed by atoms with van der Waals surface area (Å²) in [5.41, 5.74) is 4.26. The van der Waals surface area contributed by atoms with Gasteiger partial charge in [0.2, 0.25) is 0 Å². The maximum absolute atomic E-state index is 12.4. The lowest BCUT2D eigenvalue weighted by molar-refractivity contribution is -0.123. The predicted molar refractivity (Wildman–Crippen MR) is 127 cm³/mol. The minimum absolute atomic E-state index is 0.171. The number of carbonyl (C=O) groups is 2. The number of carbonyl (C=O) groups excluding carboxylic acids is 2. The van der Waals surface area contributed by atoms with Crippen molar-refractivity contribution in [2.24, 2.45) is 5.10 Å². The highest BCUT2D eigenvalue weighted by atomic mass is 35.5. The van der Waals surface area contributed by atoms with Crippen molar-refractivity contribution in [3.63, 3.8) is 0 Å². The van der Waals surface area contributed by atoms with Crippen molar-refractivity contribution >= 4 is 41.3 Å². The molecule has 0 aliphatic rings. The summed E-state index contributed by atoms with van der Waals surface area (Å²) in [7, 11) is 1.44. The summed E-state index contributed by atoms with van der Waals surface area (Å²) in [5, 5.41) is 4.49. The number of amides is 1. The SMILES string of the molecule is COc1cc(C=NNC(=O)COc2ccc(C)cc2)ccc1OC(=O)c1ccc(Cl)cc1Cl. The van der Waals surface area contributed by atoms with Gasteiger partial charge in [0.1, 0.15) is 5.75 Å². The quantitative estimate of drug-likeness (QED) is 0.208. The molecule has 1 amide bonds. The van der Waals surface area contributed by atoms with Crippen LogP contribution in [-0.4, -0.2) is 31.8 Å². The molecule has 0 unspecified atom stereocenters. The van der Waals surface area contributed by atoms with Crippen molar-refractivity contribution in [2.75, 3.05) is 13.7 Å². The molecule has 0 aromatic heterocycles. The Morgan fingerprint density at radius 2 is 1.76 bits per heavy atom. The predicted octanol–water partition coefficient (Wildman–Crippen LogP) is 5.06. The second kappa shape index (κ2) is 11.4. The molecule has 0 spiro atoms. The van der Waals surface area contributed by atoms with Gasteiger partial charge in [-0.25, -0.2) is 10.2 Å². The van der Waals surface area contributed by atoms with Crippen LogP contribution in [0.15, 0.2) is 65.8 Å². The fraction of sp³-hybridized carbons (Fsp3) is 0.125. The van der Waals surface area contributed by atoms with E-state index in [4.69, 9.17) is 37.4 Å². The third kappa shape index (κ3) is 6.97. The molecule has 0 saturated carbocycles. The molecule has 7 nitrogen and oxygen atoms in total. The van der Waals surface area contributed by atoms with E-state index in [9.17, 15) is 9.59 Å². The first-order chi connectivity index (χ1) is 15.9. The summed E-state index contributed by atoms with van der Waals surface area (Å²) in [6, 6.07) is 16.6. The first kappa shape index (κ1) is 24.1. The van der Waals surface area contributed by atoms with E-state index in [-0.39, 0.29) is 22.9 Å². The van der Waals surface area contributed by atoms with Crippen molar-refractivity contribution < 1.29 is 23.8 Å². The molecule has 0 atom stereocenters. The molecule has 33 heavy (non-hydrogen) atoms. The van der Waals surface area contributed by atoms with Gasteiger partial charge in [-0.15, -0.1) is 0 Å². The average Bonchev–Trinajstić information content (AvgIpc) is 2.79. The summed E-state index contributed by atoms with van der Waals surface area (Å²) >= 11 is 11.9. The Hall–Kier alpha value is -3.55. The van der Waals surface area contributed by atoms with E-state index >= 15 is 0 Å². The van der Waals surface area contributed by atoms with Crippen LogP contribution in [0.3, 0.4) is 0 Å². The molecule has 3 aromatic carbocycles. The fourth-order valence-electron chi connectivity index (χ4n) is 2.65. The maximum atomic E-state index is 12.4. The summed E-state index contributed by atoms with van der Waals surface area (Å²) < 4.78 is 16.1. The monoisotopic (exact) mass is 486 g/mol. The maximum Gasteiger partial charge on any atom is 0.345 e. The van der Waals surface area contributed by atoms with Crippen molar-refractivity contribution in [2.45, 2.75) is 6.92 Å². The number of hydrazone groups is 1. The van der Waals surface area contributed by atoms with E-state index in [1.165, 1.54) is 25.5 Å². The fourth-order valence-corrected chi connectivity index (χ4v) is 3.14. The normalized spacial score (nSPS) is 10.7. The first-order valence-corrected chi connectivity index (χ1v) is 10.5. The molecule has 1 N–H and O–H groups in total. The number of halogens is 2. The molecule has 0 bridgehead atoms. The van der Waals surface area contributed by atoms with Gasteiger partial charge in [-0.3, -0.25) is 4.79 Å². The van der Waals surface area contributed by atoms with Gasteiger partial charge in [-0.05, 0) is 61.0 Å². The molecule has 0 radical (unpaired) electrons. The zero-order valence-corrected chi connectivity index (χ0v) is 19.3. The topological polar surface area (TPSA) is 86.2 Å². The summed E-state index contributed by atoms with van der Waals surface area (Å²) in [5.74, 6) is 0.0171. The van der Waals surface area contributed by atoms with Crippen LogP contribution in [0.5, 0.6) is 17.2 Å². The van der Waals surface area contributed by atoms with Gasteiger partial charge in [0.25, 0.3) is 5.91 Å². The zero-order valence-electron chi connectivity index (χ0n) is 17.8. The van der Waals surface area contributed by atoms with Gasteiger partial charge >= 0.3 is 5.97 Å². The Labute approximate surface area is 200 Å². The number of hydrogen-bond acceptors (Lipinski definition) is 6. The molecule has 9 heteroatoms. The van der Waals surface area contributed by atoms with Gasteiger partial charge in [-0.1, -0.05) is 40.9 Å². The summed E-state index contributed by atoms with van der Waals surface area (Å²) in [6.45, 7) is 1.79. The van der Waals surface area contributed by atoms with Gasteiger partial charge in [0.05, 0.1) is 23.9 Å². The van der Waals surface area contributed by atoms with Crippen molar-refractivity contribution in [1.82, 2.24) is 5.43 Å². The first-order valence-electron chi connectivity index (χ1n) is 9.72. The number of nitrogens with zero attached hydrogens (tertiary/aromatic N) is 1. The van der Waals surface area contributed by atoms with Crippen LogP contribution in [0, 0.1) is 6.92 Å². The minimum atomic E-state index is -0.655. The van der Waals surface area contributed by atoms with Crippen LogP contribution in [0.25, 0.3) is 0 Å². The summed E-state index contributed by atoms with van der Waals surface area (Å²) in [6.07, 6.45) is 1.42. The number of hydrogen-bond donors (Lipinski definition) is 1. The molecule has 0 aliphatic carbocycles. The van der Waals surface area contributed by atoms with E-state index in [2.05, 4.69) is 10.5 Å². The van der Waals surface area contributed by atoms with Crippen molar-refractivity contribution in [3.8, 4) is 17.2 Å². The highest BCUT2D eigenvalue weighted by molar-refractivity contribution is 6.36. The molecular weight excluding hydrogens is 467 g/mol. The number of esters is 1. The van der Waals surface area contributed by atoms with E-state index in [1.54, 1.807) is 36.4 Å². The van der Waals surface area contributed by atoms with Crippen molar-refractivity contribution in [3.05, 3.63) is 87.4 Å². The Morgan fingerprint density at radius 3 is 2.45 bits per heavy atom. The third-order valence-electron chi connectivity index (χ3n) is 4.34. The number of benzene rings is 3. The second-order valence-electron chi connectivity index (χ2n) is 6.82. The molecule has 0 aliphatic heterocycles. The standard InChI is InChI=1S/C24H20Cl2N2O5/c1-15-3-7-18(8-4-15)32-14-23(29)28-27-13-16-5-10-21(22(11-16)31-2)33-24(30)19-9-6-17(25)12-20(19)26/h3-13H,14H2,1-2H3,(H,28,29). The van der Waals surface area contributed by atoms with Gasteiger partial charge in [0, 0.05) is 5.02 Å². The molecule has 0 fully saturated rings. The van der Waals surface area contributed by atoms with Gasteiger partial charge in [-0.2, -0.15) is 5.10 Å². The van der Waals surface area contributed by atoms with Gasteiger partial charge in [0.15, 0.2) is 18.1 Å². The molecule has 0 saturated heterocycles. The van der Waals surface area contributed by atoms with Crippen LogP contribution in [0.1, 0.15) is 21.5 Å². The number of methoxy groups -OCH3 is 1. The van der Waals surface area contributed by atoms with Crippen LogP contribution in [0.4, 0.5) is 0 Å². The lowest BCUT2D eigenvalue weighted by Crippen LogP contribution is -2.24. The zero-order chi connectivity index (χ0) is 23.8. The van der Waals surface area contributed by atoms with Crippen LogP contribution in [-0.2, 0) is 4.79 Å². The molecule has 3 aromatic rings. The average molecular weight is 487 g/mol. The third-order valence-corrected chi connectivity index (χ3v) is 4.88. The molecule has 0 heterocycles. The Bertz CT molecular complexity index is 1180. The van der Waals surface area contributed by atoms with Crippen LogP contribution in [0.2, 0.25) is 10.0 Å². The highest BCUT2D eigenvalue weighted by Crippen LogP contribution is 2.30. The Morgan fingerprint density at radius 1 is 1.00 bits per heavy atom. The highest BCUT2D eigenvalue weighted by Gasteiger charge is 2.16. The number of rotatable bonds is 8. The largest absolute Gasteiger partial charge is 0.493 e. The van der Waals surface area contributed by atoms with E-state index in [0.717, 1.165) is 5.56 Å². The lowest BCUT2D eigenvalue weighted by Gasteiger charge is -2.10. The smallest absolute Gasteiger partial charge is 0.345 e. The van der Waals surface area contributed by atoms with Crippen LogP contribution < -0.4 is 19.6 Å². The van der Waals surface area contributed by atoms with Gasteiger partial charge < -0.3 is 14.2 Å². The molecule has 3 rings (SSSR count). The molecule has 170 valence electrons. The Kier molecular flexibility index (Phi) is 8.29. The van der Waals surface area contributed by atoms with Crippen LogP contribution >= 0.6 is 23.2 Å². The molecular formula is C24H20Cl2N2O5. The lowest BCUT2D eigenvalue weighted by atomic mass is 10.2. The minimum Gasteiger partial charge on any atom is -0.493 e. The Balaban J connectivity index is 1.58. The number of ether oxygens (including phenoxy) is 3. The van der Waals surface area contributed by atoms with E-state index < -0.39 is 11.9 Å². The van der Waals surface area contributed by atoms with Crippen molar-refractivity contribution in [1.29, 1.82) is 0 Å². The van der Waals surface area contributed by atoms with E-state index in [0.29, 0.717) is 22.1 Å².